The molecule has 0 saturated heterocycles. The number of rotatable bonds is 7. The van der Waals surface area contributed by atoms with Crippen molar-refractivity contribution in [1.29, 1.82) is 0 Å². The highest BCUT2D eigenvalue weighted by Crippen LogP contribution is 2.48. The van der Waals surface area contributed by atoms with Gasteiger partial charge in [-0.15, -0.1) is 0 Å². The predicted octanol–water partition coefficient (Wildman–Crippen LogP) is 4.29. The van der Waals surface area contributed by atoms with Gasteiger partial charge in [-0.1, -0.05) is 48.0 Å². The molecule has 0 spiro atoms. The number of nitrogens with one attached hydrogen (secondary N) is 2. The number of hydrogen-bond donors (Lipinski definition) is 2. The molecule has 4 rings (SSSR count). The van der Waals surface area contributed by atoms with Gasteiger partial charge < -0.3 is 15.2 Å². The Morgan fingerprint density at radius 2 is 1.93 bits per heavy atom. The number of imidazole rings is 1. The molecule has 156 valence electrons. The maximum absolute atomic E-state index is 6.19. The summed E-state index contributed by atoms with van der Waals surface area (Å²) in [6, 6.07) is 16.8. The molecular weight excluding hydrogens is 394 g/mol. The third-order valence-corrected chi connectivity index (χ3v) is 6.07. The fraction of sp³-hybridized carbons (Fsp3) is 0.333. The number of halogens is 1. The van der Waals surface area contributed by atoms with Crippen LogP contribution in [0.25, 0.3) is 0 Å². The smallest absolute Gasteiger partial charge is 0.191 e. The third-order valence-electron chi connectivity index (χ3n) is 5.84. The van der Waals surface area contributed by atoms with E-state index >= 15 is 0 Å². The SMILES string of the molecule is CN=C(NCc1cccc(Cn2ccnc2C)c1)NCC1(c2cccc(Cl)c2)CC1. The molecule has 1 saturated carbocycles. The van der Waals surface area contributed by atoms with Crippen LogP contribution in [0, 0.1) is 6.92 Å². The molecule has 1 fully saturated rings. The normalized spacial score (nSPS) is 15.1. The number of aryl methyl sites for hydroxylation is 1. The van der Waals surface area contributed by atoms with Crippen LogP contribution in [0.15, 0.2) is 65.9 Å². The minimum Gasteiger partial charge on any atom is -0.356 e. The van der Waals surface area contributed by atoms with Gasteiger partial charge in [-0.05, 0) is 48.6 Å². The lowest BCUT2D eigenvalue weighted by Crippen LogP contribution is -2.40. The van der Waals surface area contributed by atoms with Crippen molar-refractivity contribution in [1.82, 2.24) is 20.2 Å². The van der Waals surface area contributed by atoms with Crippen LogP contribution in [0.5, 0.6) is 0 Å². The van der Waals surface area contributed by atoms with Gasteiger partial charge >= 0.3 is 0 Å². The van der Waals surface area contributed by atoms with Crippen LogP contribution < -0.4 is 10.6 Å². The second-order valence-corrected chi connectivity index (χ2v) is 8.43. The van der Waals surface area contributed by atoms with Crippen LogP contribution in [0.3, 0.4) is 0 Å². The largest absolute Gasteiger partial charge is 0.356 e. The maximum atomic E-state index is 6.19. The summed E-state index contributed by atoms with van der Waals surface area (Å²) in [5.74, 6) is 1.84. The van der Waals surface area contributed by atoms with Crippen molar-refractivity contribution >= 4 is 17.6 Å². The lowest BCUT2D eigenvalue weighted by Gasteiger charge is -2.19. The molecule has 1 heterocycles. The number of aliphatic imine (C=N–C) groups is 1. The monoisotopic (exact) mass is 421 g/mol. The Hall–Kier alpha value is -2.79. The van der Waals surface area contributed by atoms with Crippen molar-refractivity contribution in [3.05, 3.63) is 88.5 Å². The van der Waals surface area contributed by atoms with Crippen LogP contribution in [0.4, 0.5) is 0 Å². The van der Waals surface area contributed by atoms with Crippen LogP contribution >= 0.6 is 11.6 Å². The molecule has 2 N–H and O–H groups in total. The van der Waals surface area contributed by atoms with E-state index in [1.807, 2.05) is 38.5 Å². The first-order valence-electron chi connectivity index (χ1n) is 10.3. The molecule has 0 aliphatic heterocycles. The second kappa shape index (κ2) is 8.92. The number of benzene rings is 2. The molecule has 0 radical (unpaired) electrons. The predicted molar refractivity (Wildman–Crippen MR) is 123 cm³/mol. The Balaban J connectivity index is 1.33. The topological polar surface area (TPSA) is 54.2 Å². The molecule has 1 aliphatic rings. The van der Waals surface area contributed by atoms with E-state index in [9.17, 15) is 0 Å². The number of aromatic nitrogens is 2. The first-order chi connectivity index (χ1) is 14.6. The lowest BCUT2D eigenvalue weighted by atomic mass is 9.96. The second-order valence-electron chi connectivity index (χ2n) is 7.99. The van der Waals surface area contributed by atoms with E-state index in [-0.39, 0.29) is 5.41 Å². The molecule has 0 unspecified atom stereocenters. The zero-order valence-electron chi connectivity index (χ0n) is 17.5. The van der Waals surface area contributed by atoms with E-state index in [4.69, 9.17) is 11.6 Å². The van der Waals surface area contributed by atoms with E-state index in [2.05, 4.69) is 61.6 Å². The Bertz CT molecular complexity index is 1040. The zero-order valence-corrected chi connectivity index (χ0v) is 18.3. The summed E-state index contributed by atoms with van der Waals surface area (Å²) in [7, 11) is 1.81. The lowest BCUT2D eigenvalue weighted by molar-refractivity contribution is 0.645. The minimum absolute atomic E-state index is 0.172. The summed E-state index contributed by atoms with van der Waals surface area (Å²) in [5.41, 5.74) is 3.96. The molecule has 0 amide bonds. The van der Waals surface area contributed by atoms with E-state index in [1.54, 1.807) is 0 Å². The molecule has 0 atom stereocenters. The average molecular weight is 422 g/mol. The zero-order chi connectivity index (χ0) is 21.0. The Morgan fingerprint density at radius 3 is 2.63 bits per heavy atom. The molecule has 6 heteroatoms. The summed E-state index contributed by atoms with van der Waals surface area (Å²) in [6.45, 7) is 4.43. The van der Waals surface area contributed by atoms with E-state index in [1.165, 1.54) is 29.5 Å². The van der Waals surface area contributed by atoms with E-state index < -0.39 is 0 Å². The van der Waals surface area contributed by atoms with Crippen molar-refractivity contribution in [2.75, 3.05) is 13.6 Å². The van der Waals surface area contributed by atoms with Crippen LogP contribution in [-0.4, -0.2) is 29.1 Å². The first-order valence-corrected chi connectivity index (χ1v) is 10.7. The fourth-order valence-corrected chi connectivity index (χ4v) is 3.99. The minimum atomic E-state index is 0.172. The fourth-order valence-electron chi connectivity index (χ4n) is 3.80. The van der Waals surface area contributed by atoms with Crippen LogP contribution in [0.1, 0.15) is 35.4 Å². The van der Waals surface area contributed by atoms with Crippen molar-refractivity contribution in [2.24, 2.45) is 4.99 Å². The maximum Gasteiger partial charge on any atom is 0.191 e. The standard InChI is InChI=1S/C24H28ClN5/c1-18-27-11-12-30(18)16-20-6-3-5-19(13-20)15-28-23(26-2)29-17-24(9-10-24)21-7-4-8-22(25)14-21/h3-8,11-14H,9-10,15-17H2,1-2H3,(H2,26,28,29). The first kappa shape index (κ1) is 20.5. The molecule has 3 aromatic rings. The van der Waals surface area contributed by atoms with Crippen LogP contribution in [-0.2, 0) is 18.5 Å². The molecule has 1 aromatic heterocycles. The highest BCUT2D eigenvalue weighted by atomic mass is 35.5. The van der Waals surface area contributed by atoms with Gasteiger partial charge in [-0.3, -0.25) is 4.99 Å². The van der Waals surface area contributed by atoms with Gasteiger partial charge in [0.15, 0.2) is 5.96 Å². The highest BCUT2D eigenvalue weighted by Gasteiger charge is 2.44. The summed E-state index contributed by atoms with van der Waals surface area (Å²) in [6.07, 6.45) is 6.20. The molecular formula is C24H28ClN5. The van der Waals surface area contributed by atoms with Gasteiger partial charge in [0.2, 0.25) is 0 Å². The number of hydrogen-bond acceptors (Lipinski definition) is 2. The Labute approximate surface area is 183 Å². The molecule has 2 aromatic carbocycles. The van der Waals surface area contributed by atoms with Gasteiger partial charge in [-0.25, -0.2) is 4.98 Å². The quantitative estimate of drug-likeness (QED) is 0.442. The van der Waals surface area contributed by atoms with Crippen molar-refractivity contribution in [3.8, 4) is 0 Å². The number of nitrogens with zero attached hydrogens (tertiary/aromatic N) is 3. The van der Waals surface area contributed by atoms with Gasteiger partial charge in [0.25, 0.3) is 0 Å². The van der Waals surface area contributed by atoms with Crippen molar-refractivity contribution in [3.63, 3.8) is 0 Å². The van der Waals surface area contributed by atoms with Crippen LogP contribution in [0.2, 0.25) is 5.02 Å². The molecule has 30 heavy (non-hydrogen) atoms. The van der Waals surface area contributed by atoms with Gasteiger partial charge in [-0.2, -0.15) is 0 Å². The van der Waals surface area contributed by atoms with Gasteiger partial charge in [0.05, 0.1) is 0 Å². The van der Waals surface area contributed by atoms with Crippen molar-refractivity contribution in [2.45, 2.75) is 38.3 Å². The average Bonchev–Trinajstić information content (AvgIpc) is 3.45. The van der Waals surface area contributed by atoms with Crippen molar-refractivity contribution < 1.29 is 0 Å². The van der Waals surface area contributed by atoms with Gasteiger partial charge in [0, 0.05) is 49.5 Å². The number of guanidine groups is 1. The van der Waals surface area contributed by atoms with Gasteiger partial charge in [0.1, 0.15) is 5.82 Å². The van der Waals surface area contributed by atoms with E-state index in [0.29, 0.717) is 0 Å². The summed E-state index contributed by atoms with van der Waals surface area (Å²) in [5, 5.41) is 7.74. The summed E-state index contributed by atoms with van der Waals surface area (Å²) in [4.78, 5) is 8.69. The summed E-state index contributed by atoms with van der Waals surface area (Å²) >= 11 is 6.19. The van der Waals surface area contributed by atoms with E-state index in [0.717, 1.165) is 36.4 Å². The highest BCUT2D eigenvalue weighted by molar-refractivity contribution is 6.30. The summed E-state index contributed by atoms with van der Waals surface area (Å²) < 4.78 is 2.15. The Kier molecular flexibility index (Phi) is 6.09. The molecule has 0 bridgehead atoms. The third kappa shape index (κ3) is 4.85. The molecule has 5 nitrogen and oxygen atoms in total. The molecule has 1 aliphatic carbocycles. The Morgan fingerprint density at radius 1 is 1.13 bits per heavy atom.